The first-order valence-corrected chi connectivity index (χ1v) is 16.0. The van der Waals surface area contributed by atoms with Gasteiger partial charge in [0.2, 0.25) is 5.78 Å². The first-order valence-electron chi connectivity index (χ1n) is 13.2. The molecule has 0 atom stereocenters. The molecule has 0 radical (unpaired) electrons. The van der Waals surface area contributed by atoms with Crippen molar-refractivity contribution in [1.82, 2.24) is 25.0 Å². The van der Waals surface area contributed by atoms with Gasteiger partial charge in [-0.2, -0.15) is 0 Å². The number of ether oxygens (including phenoxy) is 1. The van der Waals surface area contributed by atoms with Crippen LogP contribution in [0.15, 0.2) is 63.6 Å². The van der Waals surface area contributed by atoms with Crippen molar-refractivity contribution < 1.29 is 33.1 Å². The van der Waals surface area contributed by atoms with Crippen LogP contribution in [0, 0.1) is 11.6 Å². The Morgan fingerprint density at radius 1 is 0.891 bits per heavy atom. The maximum Gasteiger partial charge on any atom is 0.282 e. The van der Waals surface area contributed by atoms with E-state index in [4.69, 9.17) is 26.1 Å². The summed E-state index contributed by atoms with van der Waals surface area (Å²) >= 11 is 5.91. The zero-order chi connectivity index (χ0) is 34.4. The molecular weight excluding hydrogens is 708 g/mol. The van der Waals surface area contributed by atoms with Crippen LogP contribution in [0.4, 0.5) is 20.4 Å². The molecule has 2 heterocycles. The predicted molar refractivity (Wildman–Crippen MR) is 177 cm³/mol. The predicted octanol–water partition coefficient (Wildman–Crippen LogP) is 5.65. The summed E-state index contributed by atoms with van der Waals surface area (Å²) in [4.78, 5) is 45.1. The fraction of sp³-hybridized carbons (Fsp3) is 0.241. The third-order valence-corrected chi connectivity index (χ3v) is 7.65. The van der Waals surface area contributed by atoms with Crippen LogP contribution in [0.25, 0.3) is 0 Å². The smallest absolute Gasteiger partial charge is 0.282 e. The Balaban J connectivity index is 0.000000260. The van der Waals surface area contributed by atoms with Crippen molar-refractivity contribution >= 4 is 62.8 Å². The summed E-state index contributed by atoms with van der Waals surface area (Å²) in [7, 11) is 4.26. The number of ketones is 1. The Morgan fingerprint density at radius 2 is 1.41 bits per heavy atom. The summed E-state index contributed by atoms with van der Waals surface area (Å²) < 4.78 is 30.9. The van der Waals surface area contributed by atoms with Crippen molar-refractivity contribution in [3.63, 3.8) is 0 Å². The summed E-state index contributed by atoms with van der Waals surface area (Å²) in [5.41, 5.74) is 12.1. The Bertz CT molecular complexity index is 1660. The zero-order valence-corrected chi connectivity index (χ0v) is 28.7. The van der Waals surface area contributed by atoms with Gasteiger partial charge >= 0.3 is 0 Å². The van der Waals surface area contributed by atoms with Crippen molar-refractivity contribution in [3.05, 3.63) is 81.6 Å². The van der Waals surface area contributed by atoms with Gasteiger partial charge in [0, 0.05) is 31.6 Å². The van der Waals surface area contributed by atoms with Gasteiger partial charge in [-0.3, -0.25) is 14.4 Å². The molecule has 2 aromatic carbocycles. The normalized spacial score (nSPS) is 10.2. The number of halogens is 3. The molecule has 5 N–H and O–H groups in total. The van der Waals surface area contributed by atoms with Crippen LogP contribution in [0.1, 0.15) is 40.1 Å². The molecule has 4 rings (SSSR count). The van der Waals surface area contributed by atoms with E-state index < -0.39 is 17.4 Å². The quantitative estimate of drug-likeness (QED) is 0.0831. The molecule has 0 aliphatic rings. The van der Waals surface area contributed by atoms with Gasteiger partial charge in [0.05, 0.1) is 29.8 Å². The van der Waals surface area contributed by atoms with Crippen LogP contribution in [-0.4, -0.2) is 74.6 Å². The summed E-state index contributed by atoms with van der Waals surface area (Å²) in [6, 6.07) is 7.45. The number of anilines is 2. The van der Waals surface area contributed by atoms with Gasteiger partial charge in [-0.25, -0.2) is 33.8 Å². The zero-order valence-electron chi connectivity index (χ0n) is 25.5. The maximum absolute atomic E-state index is 13.2. The fourth-order valence-corrected chi connectivity index (χ4v) is 4.57. The standard InChI is InChI=1S/C14H14FN3O2S.C9H14N4O2S.C6H4BrFO/c1-3-21-14-17-7-10(13(16)18-14)12(19)9-5-4-8(15)6-11(9)20-2;1-4-16-9-11-5-6(7(10)12-9)8(14)13(2)15-3;7-5-2-1-4(8)3-6(5)9/h4-7H,3H2,1-2H3,(H2,16,17,18);5H,4H2,1-3H3,(H2,10,11,12);1-3,9H. The lowest BCUT2D eigenvalue weighted by atomic mass is 10.0. The summed E-state index contributed by atoms with van der Waals surface area (Å²) in [5.74, 6) is 0.297. The summed E-state index contributed by atoms with van der Waals surface area (Å²) in [5, 5.41) is 11.0. The van der Waals surface area contributed by atoms with Gasteiger partial charge in [-0.05, 0) is 51.7 Å². The number of phenolic OH excluding ortho intramolecular Hbond substituents is 1. The number of hydroxylamine groups is 2. The van der Waals surface area contributed by atoms with Gasteiger partial charge in [0.25, 0.3) is 5.91 Å². The molecule has 1 amide bonds. The molecule has 17 heteroatoms. The Hall–Kier alpha value is -4.06. The van der Waals surface area contributed by atoms with Gasteiger partial charge in [-0.15, -0.1) is 0 Å². The Kier molecular flexibility index (Phi) is 15.6. The second kappa shape index (κ2) is 18.8. The van der Waals surface area contributed by atoms with E-state index in [0.717, 1.165) is 28.7 Å². The first kappa shape index (κ1) is 38.1. The fourth-order valence-electron chi connectivity index (χ4n) is 3.23. The number of nitrogen functional groups attached to an aromatic ring is 2. The number of carbonyl (C=O) groups is 2. The molecule has 46 heavy (non-hydrogen) atoms. The summed E-state index contributed by atoms with van der Waals surface area (Å²) in [6.07, 6.45) is 2.80. The molecule has 2 aromatic heterocycles. The van der Waals surface area contributed by atoms with Gasteiger partial charge in [0.15, 0.2) is 10.3 Å². The number of nitrogens with zero attached hydrogens (tertiary/aromatic N) is 5. The SMILES string of the molecule is CCSc1ncc(C(=O)N(C)OC)c(N)n1.CCSc1ncc(C(=O)c2ccc(F)cc2OC)c(N)n1.Oc1cc(F)ccc1Br. The van der Waals surface area contributed by atoms with Gasteiger partial charge in [-0.1, -0.05) is 37.4 Å². The molecule has 0 bridgehead atoms. The number of hydrogen-bond acceptors (Lipinski definition) is 13. The van der Waals surface area contributed by atoms with Crippen LogP contribution < -0.4 is 16.2 Å². The third kappa shape index (κ3) is 11.1. The van der Waals surface area contributed by atoms with Crippen LogP contribution in [0.3, 0.4) is 0 Å². The number of benzene rings is 2. The van der Waals surface area contributed by atoms with E-state index in [9.17, 15) is 18.4 Å². The number of phenols is 1. The van der Waals surface area contributed by atoms with E-state index in [1.54, 1.807) is 0 Å². The van der Waals surface area contributed by atoms with Crippen LogP contribution in [0.2, 0.25) is 0 Å². The number of rotatable bonds is 9. The number of thioether (sulfide) groups is 2. The van der Waals surface area contributed by atoms with Crippen molar-refractivity contribution in [2.45, 2.75) is 24.2 Å². The lowest BCUT2D eigenvalue weighted by Gasteiger charge is -2.14. The molecule has 0 saturated heterocycles. The highest BCUT2D eigenvalue weighted by atomic mass is 79.9. The number of carbonyl (C=O) groups excluding carboxylic acids is 2. The number of nitrogens with two attached hydrogens (primary N) is 2. The van der Waals surface area contributed by atoms with E-state index in [1.165, 1.54) is 81.5 Å². The van der Waals surface area contributed by atoms with E-state index in [-0.39, 0.29) is 45.7 Å². The molecule has 0 fully saturated rings. The van der Waals surface area contributed by atoms with Crippen molar-refractivity contribution in [3.8, 4) is 11.5 Å². The average molecular weight is 741 g/mol. The molecule has 0 aliphatic carbocycles. The van der Waals surface area contributed by atoms with Crippen molar-refractivity contribution in [1.29, 1.82) is 0 Å². The molecule has 0 spiro atoms. The number of hydrogen-bond donors (Lipinski definition) is 3. The molecule has 246 valence electrons. The van der Waals surface area contributed by atoms with Crippen LogP contribution in [0.5, 0.6) is 11.5 Å². The summed E-state index contributed by atoms with van der Waals surface area (Å²) in [6.45, 7) is 3.95. The van der Waals surface area contributed by atoms with E-state index in [0.29, 0.717) is 14.8 Å². The number of aromatic nitrogens is 4. The minimum absolute atomic E-state index is 0.0741. The van der Waals surface area contributed by atoms with E-state index in [1.807, 2.05) is 13.8 Å². The number of methoxy groups -OCH3 is 1. The number of amides is 1. The van der Waals surface area contributed by atoms with Crippen molar-refractivity contribution in [2.24, 2.45) is 0 Å². The lowest BCUT2D eigenvalue weighted by Crippen LogP contribution is -2.26. The minimum atomic E-state index is -0.484. The lowest BCUT2D eigenvalue weighted by molar-refractivity contribution is -0.0756. The third-order valence-electron chi connectivity index (χ3n) is 5.49. The highest BCUT2D eigenvalue weighted by Crippen LogP contribution is 2.26. The van der Waals surface area contributed by atoms with E-state index >= 15 is 0 Å². The first-order chi connectivity index (χ1) is 21.9. The van der Waals surface area contributed by atoms with Gasteiger partial charge < -0.3 is 21.3 Å². The monoisotopic (exact) mass is 739 g/mol. The molecule has 0 aliphatic heterocycles. The minimum Gasteiger partial charge on any atom is -0.507 e. The van der Waals surface area contributed by atoms with Crippen molar-refractivity contribution in [2.75, 3.05) is 44.2 Å². The molecule has 4 aromatic rings. The maximum atomic E-state index is 13.2. The molecular formula is C29H32BrF2N7O5S2. The second-order valence-corrected chi connectivity index (χ2v) is 11.8. The number of aromatic hydroxyl groups is 1. The topological polar surface area (TPSA) is 180 Å². The average Bonchev–Trinajstić information content (AvgIpc) is 3.03. The Morgan fingerprint density at radius 3 is 1.87 bits per heavy atom. The largest absolute Gasteiger partial charge is 0.507 e. The molecule has 0 saturated carbocycles. The van der Waals surface area contributed by atoms with Gasteiger partial charge in [0.1, 0.15) is 40.3 Å². The van der Waals surface area contributed by atoms with Crippen LogP contribution in [-0.2, 0) is 4.84 Å². The highest BCUT2D eigenvalue weighted by Gasteiger charge is 2.19. The highest BCUT2D eigenvalue weighted by molar-refractivity contribution is 9.10. The van der Waals surface area contributed by atoms with E-state index in [2.05, 4.69) is 35.9 Å². The second-order valence-electron chi connectivity index (χ2n) is 8.52. The molecule has 0 unspecified atom stereocenters. The Labute approximate surface area is 281 Å². The van der Waals surface area contributed by atoms with Crippen LogP contribution >= 0.6 is 39.5 Å². The molecule has 12 nitrogen and oxygen atoms in total.